The smallest absolute Gasteiger partial charge is 0.0901 e. The Morgan fingerprint density at radius 2 is 1.13 bits per heavy atom. The SMILES string of the molecule is [O]PP(c1ccccc1)c1ccccc1. The van der Waals surface area contributed by atoms with Crippen LogP contribution in [-0.2, 0) is 4.89 Å². The zero-order chi connectivity index (χ0) is 10.5. The summed E-state index contributed by atoms with van der Waals surface area (Å²) >= 11 is 0. The van der Waals surface area contributed by atoms with E-state index in [0.29, 0.717) is 0 Å². The van der Waals surface area contributed by atoms with Crippen LogP contribution in [0.2, 0.25) is 0 Å². The van der Waals surface area contributed by atoms with Crippen LogP contribution in [-0.4, -0.2) is 0 Å². The molecule has 0 N–H and O–H groups in total. The lowest BCUT2D eigenvalue weighted by atomic mass is 10.4. The molecule has 0 saturated heterocycles. The van der Waals surface area contributed by atoms with Crippen LogP contribution >= 0.6 is 16.1 Å². The maximum absolute atomic E-state index is 11.3. The van der Waals surface area contributed by atoms with Crippen molar-refractivity contribution in [1.29, 1.82) is 0 Å². The summed E-state index contributed by atoms with van der Waals surface area (Å²) in [6.45, 7) is 0. The van der Waals surface area contributed by atoms with Crippen molar-refractivity contribution in [2.45, 2.75) is 0 Å². The first-order valence-electron chi connectivity index (χ1n) is 4.70. The lowest BCUT2D eigenvalue weighted by Crippen LogP contribution is -2.07. The maximum atomic E-state index is 11.3. The first kappa shape index (κ1) is 10.8. The van der Waals surface area contributed by atoms with Crippen LogP contribution in [0.3, 0.4) is 0 Å². The van der Waals surface area contributed by atoms with Crippen molar-refractivity contribution < 1.29 is 4.89 Å². The van der Waals surface area contributed by atoms with Crippen molar-refractivity contribution in [2.24, 2.45) is 0 Å². The van der Waals surface area contributed by atoms with Gasteiger partial charge in [-0.15, -0.1) is 0 Å². The van der Waals surface area contributed by atoms with Gasteiger partial charge in [-0.25, -0.2) is 4.89 Å². The van der Waals surface area contributed by atoms with E-state index in [4.69, 9.17) is 0 Å². The summed E-state index contributed by atoms with van der Waals surface area (Å²) in [5.41, 5.74) is 0. The van der Waals surface area contributed by atoms with Crippen LogP contribution in [0.5, 0.6) is 0 Å². The van der Waals surface area contributed by atoms with Gasteiger partial charge in [0.25, 0.3) is 0 Å². The average molecular weight is 233 g/mol. The van der Waals surface area contributed by atoms with Gasteiger partial charge >= 0.3 is 0 Å². The predicted molar refractivity (Wildman–Crippen MR) is 68.1 cm³/mol. The van der Waals surface area contributed by atoms with Crippen molar-refractivity contribution in [3.63, 3.8) is 0 Å². The molecule has 0 aliphatic rings. The Labute approximate surface area is 92.7 Å². The Morgan fingerprint density at radius 3 is 1.47 bits per heavy atom. The number of hydrogen-bond acceptors (Lipinski definition) is 0. The van der Waals surface area contributed by atoms with Gasteiger partial charge in [-0.1, -0.05) is 60.7 Å². The second-order valence-electron chi connectivity index (χ2n) is 3.10. The molecular weight excluding hydrogens is 222 g/mol. The van der Waals surface area contributed by atoms with Gasteiger partial charge in [-0.2, -0.15) is 0 Å². The van der Waals surface area contributed by atoms with E-state index in [0.717, 1.165) is 0 Å². The van der Waals surface area contributed by atoms with Crippen molar-refractivity contribution in [3.8, 4) is 0 Å². The van der Waals surface area contributed by atoms with Gasteiger partial charge in [-0.05, 0) is 10.6 Å². The van der Waals surface area contributed by atoms with Gasteiger partial charge < -0.3 is 0 Å². The Hall–Kier alpha value is -0.740. The fourth-order valence-electron chi connectivity index (χ4n) is 1.41. The molecule has 0 saturated carbocycles. The molecule has 0 aliphatic heterocycles. The summed E-state index contributed by atoms with van der Waals surface area (Å²) < 4.78 is 0. The van der Waals surface area contributed by atoms with E-state index in [1.54, 1.807) is 0 Å². The average Bonchev–Trinajstić information content (AvgIpc) is 2.33. The minimum Gasteiger partial charge on any atom is -0.210 e. The molecular formula is C12H11OP2. The van der Waals surface area contributed by atoms with Crippen LogP contribution in [0.25, 0.3) is 0 Å². The third-order valence-corrected chi connectivity index (χ3v) is 6.03. The van der Waals surface area contributed by atoms with Crippen molar-refractivity contribution in [3.05, 3.63) is 60.7 Å². The van der Waals surface area contributed by atoms with Gasteiger partial charge in [-0.3, -0.25) is 0 Å². The Balaban J connectivity index is 2.34. The summed E-state index contributed by atoms with van der Waals surface area (Å²) in [5, 5.41) is 2.35. The molecule has 75 valence electrons. The highest BCUT2D eigenvalue weighted by Crippen LogP contribution is 2.51. The highest BCUT2D eigenvalue weighted by molar-refractivity contribution is 8.26. The Morgan fingerprint density at radius 1 is 0.733 bits per heavy atom. The highest BCUT2D eigenvalue weighted by atomic mass is 32.1. The van der Waals surface area contributed by atoms with Crippen LogP contribution < -0.4 is 10.6 Å². The molecule has 0 bridgehead atoms. The molecule has 1 atom stereocenters. The Kier molecular flexibility index (Phi) is 3.86. The zero-order valence-electron chi connectivity index (χ0n) is 8.13. The summed E-state index contributed by atoms with van der Waals surface area (Å²) in [4.78, 5) is 11.3. The van der Waals surface area contributed by atoms with Gasteiger partial charge in [0.1, 0.15) is 0 Å². The van der Waals surface area contributed by atoms with Crippen LogP contribution in [0.1, 0.15) is 0 Å². The summed E-state index contributed by atoms with van der Waals surface area (Å²) in [6.07, 6.45) is 0. The molecule has 0 spiro atoms. The van der Waals surface area contributed by atoms with E-state index < -0.39 is 7.61 Å². The van der Waals surface area contributed by atoms with E-state index in [1.807, 2.05) is 60.7 Å². The minimum atomic E-state index is -0.676. The third-order valence-electron chi connectivity index (χ3n) is 2.12. The lowest BCUT2D eigenvalue weighted by molar-refractivity contribution is 0.526. The Bertz CT molecular complexity index is 363. The topological polar surface area (TPSA) is 19.9 Å². The number of rotatable bonds is 3. The van der Waals surface area contributed by atoms with E-state index in [-0.39, 0.29) is 8.50 Å². The molecule has 2 aromatic carbocycles. The second-order valence-corrected chi connectivity index (χ2v) is 6.87. The molecule has 1 unspecified atom stereocenters. The van der Waals surface area contributed by atoms with Gasteiger partial charge in [0.15, 0.2) is 0 Å². The standard InChI is InChI=1S/C12H11OP2/c13-14-15(11-7-3-1-4-8-11)12-9-5-2-6-10-12/h1-10,14H. The van der Waals surface area contributed by atoms with E-state index in [2.05, 4.69) is 0 Å². The highest BCUT2D eigenvalue weighted by Gasteiger charge is 2.12. The van der Waals surface area contributed by atoms with Crippen LogP contribution in [0.15, 0.2) is 60.7 Å². The fourth-order valence-corrected chi connectivity index (χ4v) is 4.39. The van der Waals surface area contributed by atoms with Gasteiger partial charge in [0, 0.05) is 7.61 Å². The monoisotopic (exact) mass is 233 g/mol. The van der Waals surface area contributed by atoms with E-state index in [9.17, 15) is 4.89 Å². The molecule has 0 aliphatic carbocycles. The van der Waals surface area contributed by atoms with Crippen molar-refractivity contribution >= 4 is 26.7 Å². The molecule has 0 amide bonds. The minimum absolute atomic E-state index is 0.281. The predicted octanol–water partition coefficient (Wildman–Crippen LogP) is 3.06. The fraction of sp³-hybridized carbons (Fsp3) is 0. The third kappa shape index (κ3) is 2.63. The number of hydrogen-bond donors (Lipinski definition) is 0. The van der Waals surface area contributed by atoms with Gasteiger partial charge in [0.2, 0.25) is 0 Å². The zero-order valence-corrected chi connectivity index (χ0v) is 10.0. The van der Waals surface area contributed by atoms with Crippen LogP contribution in [0, 0.1) is 0 Å². The largest absolute Gasteiger partial charge is 0.210 e. The molecule has 0 heterocycles. The summed E-state index contributed by atoms with van der Waals surface area (Å²) in [7, 11) is -0.958. The first-order valence-corrected chi connectivity index (χ1v) is 7.79. The van der Waals surface area contributed by atoms with Crippen molar-refractivity contribution in [1.82, 2.24) is 0 Å². The van der Waals surface area contributed by atoms with E-state index >= 15 is 0 Å². The second kappa shape index (κ2) is 5.37. The molecule has 15 heavy (non-hydrogen) atoms. The van der Waals surface area contributed by atoms with Crippen LogP contribution in [0.4, 0.5) is 0 Å². The molecule has 1 radical (unpaired) electrons. The quantitative estimate of drug-likeness (QED) is 0.726. The van der Waals surface area contributed by atoms with Gasteiger partial charge in [0.05, 0.1) is 8.50 Å². The molecule has 0 aromatic heterocycles. The molecule has 3 heteroatoms. The lowest BCUT2D eigenvalue weighted by Gasteiger charge is -2.13. The first-order chi connectivity index (χ1) is 7.42. The normalized spacial score (nSPS) is 11.3. The van der Waals surface area contributed by atoms with Crippen molar-refractivity contribution in [2.75, 3.05) is 0 Å². The summed E-state index contributed by atoms with van der Waals surface area (Å²) in [6, 6.07) is 20.1. The molecule has 2 rings (SSSR count). The molecule has 2 aromatic rings. The maximum Gasteiger partial charge on any atom is 0.0901 e. The summed E-state index contributed by atoms with van der Waals surface area (Å²) in [5.74, 6) is 0. The molecule has 1 nitrogen and oxygen atoms in total. The number of benzene rings is 2. The van der Waals surface area contributed by atoms with E-state index in [1.165, 1.54) is 10.6 Å². The molecule has 0 fully saturated rings.